The van der Waals surface area contributed by atoms with Crippen molar-refractivity contribution in [2.75, 3.05) is 26.6 Å². The van der Waals surface area contributed by atoms with Gasteiger partial charge >= 0.3 is 42.4 Å². The van der Waals surface area contributed by atoms with Crippen molar-refractivity contribution in [1.82, 2.24) is 0 Å². The Morgan fingerprint density at radius 1 is 0.743 bits per heavy atom. The van der Waals surface area contributed by atoms with E-state index in [1.54, 1.807) is 0 Å². The van der Waals surface area contributed by atoms with Crippen LogP contribution in [-0.4, -0.2) is 64.7 Å². The molecular weight excluding hydrogens is 549 g/mol. The molecule has 0 spiro atoms. The van der Waals surface area contributed by atoms with Gasteiger partial charge in [0.1, 0.15) is 0 Å². The van der Waals surface area contributed by atoms with Crippen molar-refractivity contribution in [2.24, 2.45) is 0 Å². The van der Waals surface area contributed by atoms with E-state index in [1.165, 1.54) is 0 Å². The van der Waals surface area contributed by atoms with Gasteiger partial charge in [0.15, 0.2) is 5.97 Å². The first kappa shape index (κ1) is 59.3. The molecule has 0 radical (unpaired) electrons. The summed E-state index contributed by atoms with van der Waals surface area (Å²) in [7, 11) is 0. The van der Waals surface area contributed by atoms with Gasteiger partial charge in [-0.1, -0.05) is 36.1 Å². The Hall–Kier alpha value is -0.820. The Balaban J connectivity index is -0.0000000428. The zero-order chi connectivity index (χ0) is 24.8. The third-order valence-electron chi connectivity index (χ3n) is 1.50. The standard InChI is InChI=1S/C10H15F2O4.2CF4.4CH4.Na.H2O3S/c11-5-1-7-15-9(13)3-4-10(14)16-8-2-6-12;2*2-1(3,4)5;;;;;;1-4(2)3/h3H,1-2,4-8H2;;;4*1H4;;(H2,1,2,3)/q-1;;;;;;;+1;/p-2. The molecule has 0 bridgehead atoms. The summed E-state index contributed by atoms with van der Waals surface area (Å²) in [5, 5.41) is 0. The van der Waals surface area contributed by atoms with Crippen LogP contribution in [0.2, 0.25) is 0 Å². The molecule has 0 aromatic rings. The van der Waals surface area contributed by atoms with Gasteiger partial charge in [0, 0.05) is 12.8 Å². The molecule has 0 unspecified atom stereocenters. The van der Waals surface area contributed by atoms with E-state index in [1.807, 2.05) is 0 Å². The molecule has 35 heavy (non-hydrogen) atoms. The molecule has 0 aromatic carbocycles. The minimum absolute atomic E-state index is 0. The topological polar surface area (TPSA) is 116 Å². The molecule has 19 heteroatoms. The van der Waals surface area contributed by atoms with E-state index >= 15 is 0 Å². The van der Waals surface area contributed by atoms with Gasteiger partial charge in [0.25, 0.3) is 5.97 Å². The molecule has 0 fully saturated rings. The molecule has 0 saturated heterocycles. The van der Waals surface area contributed by atoms with Crippen LogP contribution in [0.4, 0.5) is 43.9 Å². The third kappa shape index (κ3) is 160. The van der Waals surface area contributed by atoms with Gasteiger partial charge in [-0.15, -0.1) is 46.5 Å². The summed E-state index contributed by atoms with van der Waals surface area (Å²) in [6.45, 7) is -1.12. The maximum absolute atomic E-state index is 11.6. The molecule has 0 N–H and O–H groups in total. The average Bonchev–Trinajstić information content (AvgIpc) is 2.50. The van der Waals surface area contributed by atoms with Gasteiger partial charge in [-0.25, -0.2) is 0 Å². The summed E-state index contributed by atoms with van der Waals surface area (Å²) < 4.78 is 135. The predicted molar refractivity (Wildman–Crippen MR) is 103 cm³/mol. The van der Waals surface area contributed by atoms with Gasteiger partial charge in [0.05, 0.1) is 26.6 Å². The van der Waals surface area contributed by atoms with Crippen molar-refractivity contribution in [1.29, 1.82) is 0 Å². The number of halogens is 10. The number of hydrogen-bond acceptors (Lipinski definition) is 7. The second-order valence-electron chi connectivity index (χ2n) is 3.94. The summed E-state index contributed by atoms with van der Waals surface area (Å²) in [5.74, 6) is -1.30. The number of carbonyl (C=O) groups is 2. The summed E-state index contributed by atoms with van der Waals surface area (Å²) in [4.78, 5) is 21.8. The monoisotopic (exact) mass is 580 g/mol. The van der Waals surface area contributed by atoms with Crippen LogP contribution in [-0.2, 0) is 30.4 Å². The van der Waals surface area contributed by atoms with E-state index in [-0.39, 0.29) is 91.7 Å². The summed E-state index contributed by atoms with van der Waals surface area (Å²) in [6.07, 6.45) is -9.93. The molecule has 0 aliphatic heterocycles. The SMILES string of the molecule is C.C.C.C.FC(F)(F)F.FC(F)(F)F.O=C([CH-]CC(=O)OCCCF)OCCCF.O=S([O-])[O-].[Na+]. The number of rotatable bonds is 9. The number of hydrogen-bond donors (Lipinski definition) is 0. The van der Waals surface area contributed by atoms with Crippen molar-refractivity contribution < 1.29 is 106 Å². The van der Waals surface area contributed by atoms with Crippen molar-refractivity contribution in [3.8, 4) is 0 Å². The Bertz CT molecular complexity index is 407. The van der Waals surface area contributed by atoms with E-state index in [9.17, 15) is 53.5 Å². The molecular formula is C16H31F10NaO7S-2. The Labute approximate surface area is 223 Å². The minimum atomic E-state index is -5.50. The van der Waals surface area contributed by atoms with Crippen LogP contribution >= 0.6 is 0 Å². The summed E-state index contributed by atoms with van der Waals surface area (Å²) in [5.41, 5.74) is 0. The van der Waals surface area contributed by atoms with Crippen LogP contribution in [0.25, 0.3) is 0 Å². The molecule has 216 valence electrons. The van der Waals surface area contributed by atoms with Crippen LogP contribution in [0.15, 0.2) is 0 Å². The molecule has 0 aliphatic carbocycles. The average molecular weight is 580 g/mol. The normalized spacial score (nSPS) is 8.83. The van der Waals surface area contributed by atoms with E-state index in [0.717, 1.165) is 6.42 Å². The summed E-state index contributed by atoms with van der Waals surface area (Å²) in [6, 6.07) is 0. The van der Waals surface area contributed by atoms with Crippen molar-refractivity contribution >= 4 is 23.3 Å². The Morgan fingerprint density at radius 3 is 1.26 bits per heavy atom. The second-order valence-corrected chi connectivity index (χ2v) is 4.35. The molecule has 0 aliphatic rings. The van der Waals surface area contributed by atoms with E-state index in [2.05, 4.69) is 9.47 Å². The van der Waals surface area contributed by atoms with E-state index in [4.69, 9.17) is 13.3 Å². The van der Waals surface area contributed by atoms with Gasteiger partial charge in [-0.2, -0.15) is 0 Å². The molecule has 0 amide bonds. The molecule has 7 nitrogen and oxygen atoms in total. The molecule has 0 atom stereocenters. The van der Waals surface area contributed by atoms with Crippen LogP contribution in [0.5, 0.6) is 0 Å². The van der Waals surface area contributed by atoms with Crippen molar-refractivity contribution in [2.45, 2.75) is 61.8 Å². The first-order chi connectivity index (χ1) is 13.4. The summed E-state index contributed by atoms with van der Waals surface area (Å²) >= 11 is -3.11. The van der Waals surface area contributed by atoms with Crippen LogP contribution in [0.1, 0.15) is 49.0 Å². The number of esters is 2. The molecule has 0 heterocycles. The van der Waals surface area contributed by atoms with Gasteiger partial charge in [0.2, 0.25) is 0 Å². The van der Waals surface area contributed by atoms with E-state index < -0.39 is 49.5 Å². The van der Waals surface area contributed by atoms with E-state index in [0.29, 0.717) is 0 Å². The van der Waals surface area contributed by atoms with Gasteiger partial charge < -0.3 is 18.6 Å². The maximum Gasteiger partial charge on any atom is 1.00 e. The molecule has 0 aromatic heterocycles. The largest absolute Gasteiger partial charge is 1.00 e. The molecule has 0 saturated carbocycles. The second kappa shape index (κ2) is 37.7. The minimum Gasteiger partial charge on any atom is -0.784 e. The molecule has 0 rings (SSSR count). The number of alkyl halides is 10. The predicted octanol–water partition coefficient (Wildman–Crippen LogP) is 2.88. The third-order valence-corrected chi connectivity index (χ3v) is 1.50. The van der Waals surface area contributed by atoms with Crippen LogP contribution in [0.3, 0.4) is 0 Å². The number of ether oxygens (including phenoxy) is 2. The smallest absolute Gasteiger partial charge is 0.784 e. The quantitative estimate of drug-likeness (QED) is 0.103. The fraction of sp³-hybridized carbons (Fsp3) is 0.812. The van der Waals surface area contributed by atoms with Gasteiger partial charge in [-0.05, 0) is 0 Å². The van der Waals surface area contributed by atoms with Gasteiger partial charge in [-0.3, -0.25) is 29.0 Å². The zero-order valence-electron chi connectivity index (χ0n) is 15.6. The first-order valence-corrected chi connectivity index (χ1v) is 7.99. The maximum atomic E-state index is 11.6. The zero-order valence-corrected chi connectivity index (χ0v) is 18.4. The first-order valence-electron chi connectivity index (χ1n) is 6.99. The fourth-order valence-corrected chi connectivity index (χ4v) is 0.752. The van der Waals surface area contributed by atoms with Crippen molar-refractivity contribution in [3.05, 3.63) is 6.42 Å². The van der Waals surface area contributed by atoms with Crippen LogP contribution < -0.4 is 29.6 Å². The number of carbonyl (C=O) groups excluding carboxylic acids is 2. The Morgan fingerprint density at radius 2 is 1.00 bits per heavy atom. The fourth-order valence-electron chi connectivity index (χ4n) is 0.752. The Kier molecular flexibility index (Phi) is 64.0. The van der Waals surface area contributed by atoms with Crippen molar-refractivity contribution in [3.63, 3.8) is 0 Å². The van der Waals surface area contributed by atoms with Crippen LogP contribution in [0, 0.1) is 6.42 Å².